The summed E-state index contributed by atoms with van der Waals surface area (Å²) in [6, 6.07) is 12.6. The van der Waals surface area contributed by atoms with E-state index in [4.69, 9.17) is 4.74 Å². The molecular formula is C20H24N2O5S. The Morgan fingerprint density at radius 1 is 1.00 bits per heavy atom. The average Bonchev–Trinajstić information content (AvgIpc) is 2.67. The summed E-state index contributed by atoms with van der Waals surface area (Å²) in [5, 5.41) is 5.31. The van der Waals surface area contributed by atoms with E-state index in [0.717, 1.165) is 0 Å². The van der Waals surface area contributed by atoms with Crippen molar-refractivity contribution in [1.82, 2.24) is 5.32 Å². The van der Waals surface area contributed by atoms with Gasteiger partial charge in [-0.05, 0) is 49.7 Å². The van der Waals surface area contributed by atoms with Crippen LogP contribution < -0.4 is 15.4 Å². The van der Waals surface area contributed by atoms with Crippen LogP contribution in [0, 0.1) is 0 Å². The molecule has 2 aromatic rings. The minimum absolute atomic E-state index is 0.0189. The molecule has 2 rings (SSSR count). The lowest BCUT2D eigenvalue weighted by Crippen LogP contribution is -2.28. The van der Waals surface area contributed by atoms with Gasteiger partial charge in [0.2, 0.25) is 0 Å². The van der Waals surface area contributed by atoms with E-state index in [-0.39, 0.29) is 28.7 Å². The molecule has 0 saturated heterocycles. The molecular weight excluding hydrogens is 380 g/mol. The fourth-order valence-corrected chi connectivity index (χ4v) is 4.07. The van der Waals surface area contributed by atoms with E-state index in [2.05, 4.69) is 10.6 Å². The SMILES string of the molecule is CCCS(=O)(=O)c1ccccc1C(=O)Nc1ccc(OCC(=O)NCC)cc1. The maximum Gasteiger partial charge on any atom is 0.257 e. The third-order valence-electron chi connectivity index (χ3n) is 3.80. The van der Waals surface area contributed by atoms with Crippen LogP contribution in [-0.2, 0) is 14.6 Å². The quantitative estimate of drug-likeness (QED) is 0.669. The first-order chi connectivity index (χ1) is 13.4. The summed E-state index contributed by atoms with van der Waals surface area (Å²) < 4.78 is 30.1. The number of amides is 2. The van der Waals surface area contributed by atoms with Crippen molar-refractivity contribution in [3.05, 3.63) is 54.1 Å². The highest BCUT2D eigenvalue weighted by molar-refractivity contribution is 7.91. The molecule has 0 fully saturated rings. The van der Waals surface area contributed by atoms with Gasteiger partial charge in [0.1, 0.15) is 5.75 Å². The van der Waals surface area contributed by atoms with Gasteiger partial charge in [-0.1, -0.05) is 19.1 Å². The van der Waals surface area contributed by atoms with Gasteiger partial charge in [0.25, 0.3) is 11.8 Å². The van der Waals surface area contributed by atoms with Crippen LogP contribution >= 0.6 is 0 Å². The van der Waals surface area contributed by atoms with E-state index in [1.54, 1.807) is 43.3 Å². The Balaban J connectivity index is 2.09. The minimum atomic E-state index is -3.52. The minimum Gasteiger partial charge on any atom is -0.484 e. The van der Waals surface area contributed by atoms with Crippen molar-refractivity contribution in [2.24, 2.45) is 0 Å². The van der Waals surface area contributed by atoms with Gasteiger partial charge < -0.3 is 15.4 Å². The molecule has 0 aromatic heterocycles. The molecule has 8 heteroatoms. The molecule has 0 heterocycles. The molecule has 0 atom stereocenters. The number of likely N-dealkylation sites (N-methyl/N-ethyl adjacent to an activating group) is 1. The number of anilines is 1. The number of carbonyl (C=O) groups is 2. The first-order valence-corrected chi connectivity index (χ1v) is 10.6. The Hall–Kier alpha value is -2.87. The van der Waals surface area contributed by atoms with Crippen molar-refractivity contribution in [3.63, 3.8) is 0 Å². The van der Waals surface area contributed by atoms with Gasteiger partial charge >= 0.3 is 0 Å². The number of hydrogen-bond acceptors (Lipinski definition) is 5. The largest absolute Gasteiger partial charge is 0.484 e. The van der Waals surface area contributed by atoms with Gasteiger partial charge in [0.05, 0.1) is 16.2 Å². The summed E-state index contributed by atoms with van der Waals surface area (Å²) in [6.07, 6.45) is 0.468. The Morgan fingerprint density at radius 3 is 2.32 bits per heavy atom. The second-order valence-corrected chi connectivity index (χ2v) is 8.11. The fraction of sp³-hybridized carbons (Fsp3) is 0.300. The normalized spacial score (nSPS) is 10.9. The number of hydrogen-bond donors (Lipinski definition) is 2. The highest BCUT2D eigenvalue weighted by atomic mass is 32.2. The maximum atomic E-state index is 12.6. The van der Waals surface area contributed by atoms with Gasteiger partial charge in [-0.15, -0.1) is 0 Å². The summed E-state index contributed by atoms with van der Waals surface area (Å²) in [4.78, 5) is 24.0. The maximum absolute atomic E-state index is 12.6. The van der Waals surface area contributed by atoms with Crippen molar-refractivity contribution >= 4 is 27.3 Å². The summed E-state index contributed by atoms with van der Waals surface area (Å²) >= 11 is 0. The first-order valence-electron chi connectivity index (χ1n) is 9.00. The third-order valence-corrected chi connectivity index (χ3v) is 5.77. The molecule has 0 aliphatic rings. The van der Waals surface area contributed by atoms with Crippen molar-refractivity contribution in [3.8, 4) is 5.75 Å². The monoisotopic (exact) mass is 404 g/mol. The standard InChI is InChI=1S/C20H24N2O5S/c1-3-13-28(25,26)18-8-6-5-7-17(18)20(24)22-15-9-11-16(12-10-15)27-14-19(23)21-4-2/h5-12H,3-4,13-14H2,1-2H3,(H,21,23)(H,22,24). The molecule has 2 aromatic carbocycles. The summed E-state index contributed by atoms with van der Waals surface area (Å²) in [5.74, 6) is -0.263. The van der Waals surface area contributed by atoms with Crippen LogP contribution in [0.2, 0.25) is 0 Å². The molecule has 0 radical (unpaired) electrons. The van der Waals surface area contributed by atoms with Crippen molar-refractivity contribution in [2.45, 2.75) is 25.2 Å². The Bertz CT molecular complexity index is 924. The predicted molar refractivity (Wildman–Crippen MR) is 107 cm³/mol. The van der Waals surface area contributed by atoms with E-state index >= 15 is 0 Å². The second-order valence-electron chi connectivity index (χ2n) is 6.04. The Kier molecular flexibility index (Phi) is 7.57. The van der Waals surface area contributed by atoms with E-state index < -0.39 is 15.7 Å². The Morgan fingerprint density at radius 2 is 1.68 bits per heavy atom. The van der Waals surface area contributed by atoms with Crippen molar-refractivity contribution in [1.29, 1.82) is 0 Å². The first kappa shape index (κ1) is 21.4. The Labute approximate surface area is 165 Å². The van der Waals surface area contributed by atoms with E-state index in [1.807, 2.05) is 6.92 Å². The summed E-state index contributed by atoms with van der Waals surface area (Å²) in [6.45, 7) is 4.03. The van der Waals surface area contributed by atoms with Crippen LogP contribution in [0.3, 0.4) is 0 Å². The molecule has 2 N–H and O–H groups in total. The van der Waals surface area contributed by atoms with E-state index in [1.165, 1.54) is 12.1 Å². The average molecular weight is 404 g/mol. The van der Waals surface area contributed by atoms with Crippen LogP contribution in [0.15, 0.2) is 53.4 Å². The van der Waals surface area contributed by atoms with Crippen LogP contribution in [0.25, 0.3) is 0 Å². The molecule has 7 nitrogen and oxygen atoms in total. The van der Waals surface area contributed by atoms with Crippen LogP contribution in [-0.4, -0.2) is 39.1 Å². The smallest absolute Gasteiger partial charge is 0.257 e. The highest BCUT2D eigenvalue weighted by Crippen LogP contribution is 2.21. The second kappa shape index (κ2) is 9.89. The molecule has 0 unspecified atom stereocenters. The van der Waals surface area contributed by atoms with Gasteiger partial charge in [0, 0.05) is 12.2 Å². The molecule has 28 heavy (non-hydrogen) atoms. The van der Waals surface area contributed by atoms with Gasteiger partial charge in [-0.3, -0.25) is 9.59 Å². The zero-order valence-electron chi connectivity index (χ0n) is 15.9. The summed E-state index contributed by atoms with van der Waals surface area (Å²) in [5.41, 5.74) is 0.588. The molecule has 150 valence electrons. The lowest BCUT2D eigenvalue weighted by Gasteiger charge is -2.11. The van der Waals surface area contributed by atoms with Gasteiger partial charge in [-0.25, -0.2) is 8.42 Å². The lowest BCUT2D eigenvalue weighted by molar-refractivity contribution is -0.122. The van der Waals surface area contributed by atoms with Gasteiger partial charge in [-0.2, -0.15) is 0 Å². The number of ether oxygens (including phenoxy) is 1. The molecule has 0 aliphatic heterocycles. The van der Waals surface area contributed by atoms with E-state index in [0.29, 0.717) is 24.4 Å². The topological polar surface area (TPSA) is 102 Å². The number of nitrogens with one attached hydrogen (secondary N) is 2. The van der Waals surface area contributed by atoms with Gasteiger partial charge in [0.15, 0.2) is 16.4 Å². The lowest BCUT2D eigenvalue weighted by atomic mass is 10.2. The fourth-order valence-electron chi connectivity index (χ4n) is 2.53. The number of benzene rings is 2. The summed E-state index contributed by atoms with van der Waals surface area (Å²) in [7, 11) is -3.52. The van der Waals surface area contributed by atoms with Crippen LogP contribution in [0.1, 0.15) is 30.6 Å². The highest BCUT2D eigenvalue weighted by Gasteiger charge is 2.21. The predicted octanol–water partition coefficient (Wildman–Crippen LogP) is 2.64. The number of carbonyl (C=O) groups excluding carboxylic acids is 2. The third kappa shape index (κ3) is 5.82. The molecule has 0 saturated carbocycles. The zero-order chi connectivity index (χ0) is 20.6. The zero-order valence-corrected chi connectivity index (χ0v) is 16.7. The number of sulfone groups is 1. The van der Waals surface area contributed by atoms with Crippen LogP contribution in [0.4, 0.5) is 5.69 Å². The molecule has 0 bridgehead atoms. The molecule has 0 aliphatic carbocycles. The van der Waals surface area contributed by atoms with Crippen molar-refractivity contribution in [2.75, 3.05) is 24.2 Å². The van der Waals surface area contributed by atoms with E-state index in [9.17, 15) is 18.0 Å². The number of rotatable bonds is 9. The molecule has 2 amide bonds. The van der Waals surface area contributed by atoms with Crippen molar-refractivity contribution < 1.29 is 22.7 Å². The molecule has 0 spiro atoms. The van der Waals surface area contributed by atoms with Crippen LogP contribution in [0.5, 0.6) is 5.75 Å².